The molecule has 0 radical (unpaired) electrons. The molecule has 18 heavy (non-hydrogen) atoms. The molecule has 0 spiro atoms. The van der Waals surface area contributed by atoms with E-state index >= 15 is 0 Å². The van der Waals surface area contributed by atoms with Gasteiger partial charge in [-0.15, -0.1) is 0 Å². The number of para-hydroxylation sites is 1. The van der Waals surface area contributed by atoms with Gasteiger partial charge in [-0.1, -0.05) is 12.1 Å². The number of anilines is 2. The van der Waals surface area contributed by atoms with E-state index in [1.807, 2.05) is 0 Å². The van der Waals surface area contributed by atoms with Crippen LogP contribution in [0.5, 0.6) is 0 Å². The second kappa shape index (κ2) is 4.96. The molecule has 0 aliphatic heterocycles. The summed E-state index contributed by atoms with van der Waals surface area (Å²) in [7, 11) is 1.71. The van der Waals surface area contributed by atoms with E-state index < -0.39 is 0 Å². The average molecular weight is 244 g/mol. The second-order valence-corrected chi connectivity index (χ2v) is 3.97. The molecule has 0 N–H and O–H groups in total. The molecule has 0 bridgehead atoms. The van der Waals surface area contributed by atoms with E-state index in [2.05, 4.69) is 4.98 Å². The number of carbonyl (C=O) groups is 1. The van der Waals surface area contributed by atoms with Crippen molar-refractivity contribution in [2.24, 2.45) is 0 Å². The molecule has 0 saturated heterocycles. The van der Waals surface area contributed by atoms with Gasteiger partial charge in [0.15, 0.2) is 5.78 Å². The van der Waals surface area contributed by atoms with E-state index in [-0.39, 0.29) is 11.6 Å². The maximum Gasteiger partial charge on any atom is 0.159 e. The third kappa shape index (κ3) is 2.37. The summed E-state index contributed by atoms with van der Waals surface area (Å²) in [6.07, 6.45) is 1.55. The Morgan fingerprint density at radius 1 is 1.28 bits per heavy atom. The molecule has 0 aliphatic carbocycles. The summed E-state index contributed by atoms with van der Waals surface area (Å²) in [6, 6.07) is 9.73. The van der Waals surface area contributed by atoms with Crippen LogP contribution >= 0.6 is 0 Å². The SMILES string of the molecule is CC(=O)c1ccnc(N(C)c2ccccc2F)c1. The van der Waals surface area contributed by atoms with Gasteiger partial charge in [0.05, 0.1) is 5.69 Å². The summed E-state index contributed by atoms with van der Waals surface area (Å²) < 4.78 is 13.6. The number of benzene rings is 1. The van der Waals surface area contributed by atoms with Crippen molar-refractivity contribution in [2.45, 2.75) is 6.92 Å². The Balaban J connectivity index is 2.40. The number of Topliss-reactive ketones (excluding diaryl/α,β-unsaturated/α-hetero) is 1. The van der Waals surface area contributed by atoms with Crippen LogP contribution in [0.4, 0.5) is 15.9 Å². The van der Waals surface area contributed by atoms with Gasteiger partial charge in [0.1, 0.15) is 11.6 Å². The molecule has 4 heteroatoms. The first-order valence-electron chi connectivity index (χ1n) is 5.55. The number of rotatable bonds is 3. The highest BCUT2D eigenvalue weighted by molar-refractivity contribution is 5.94. The molecule has 3 nitrogen and oxygen atoms in total. The van der Waals surface area contributed by atoms with Gasteiger partial charge in [-0.05, 0) is 31.2 Å². The summed E-state index contributed by atoms with van der Waals surface area (Å²) in [6.45, 7) is 1.49. The lowest BCUT2D eigenvalue weighted by molar-refractivity contribution is 0.101. The molecule has 2 aromatic rings. The Kier molecular flexibility index (Phi) is 3.37. The van der Waals surface area contributed by atoms with Gasteiger partial charge in [-0.2, -0.15) is 0 Å². The minimum absolute atomic E-state index is 0.0411. The lowest BCUT2D eigenvalue weighted by atomic mass is 10.2. The predicted molar refractivity (Wildman–Crippen MR) is 68.7 cm³/mol. The van der Waals surface area contributed by atoms with E-state index in [4.69, 9.17) is 0 Å². The van der Waals surface area contributed by atoms with Gasteiger partial charge in [-0.25, -0.2) is 9.37 Å². The van der Waals surface area contributed by atoms with Crippen LogP contribution in [0.1, 0.15) is 17.3 Å². The zero-order chi connectivity index (χ0) is 13.1. The molecule has 2 rings (SSSR count). The van der Waals surface area contributed by atoms with Crippen molar-refractivity contribution in [3.8, 4) is 0 Å². The zero-order valence-corrected chi connectivity index (χ0v) is 10.2. The van der Waals surface area contributed by atoms with Crippen molar-refractivity contribution in [1.29, 1.82) is 0 Å². The Labute approximate surface area is 105 Å². The van der Waals surface area contributed by atoms with Crippen LogP contribution in [0.3, 0.4) is 0 Å². The smallest absolute Gasteiger partial charge is 0.159 e. The van der Waals surface area contributed by atoms with Crippen LogP contribution in [0.15, 0.2) is 42.6 Å². The number of nitrogens with zero attached hydrogens (tertiary/aromatic N) is 2. The summed E-state index contributed by atoms with van der Waals surface area (Å²) >= 11 is 0. The Bertz CT molecular complexity index is 584. The molecule has 1 heterocycles. The fraction of sp³-hybridized carbons (Fsp3) is 0.143. The van der Waals surface area contributed by atoms with Crippen molar-refractivity contribution in [1.82, 2.24) is 4.98 Å². The van der Waals surface area contributed by atoms with E-state index in [9.17, 15) is 9.18 Å². The summed E-state index contributed by atoms with van der Waals surface area (Å²) in [5.74, 6) is 0.170. The first kappa shape index (κ1) is 12.2. The Hall–Kier alpha value is -2.23. The van der Waals surface area contributed by atoms with Gasteiger partial charge >= 0.3 is 0 Å². The number of carbonyl (C=O) groups excluding carboxylic acids is 1. The largest absolute Gasteiger partial charge is 0.327 e. The van der Waals surface area contributed by atoms with Gasteiger partial charge in [0, 0.05) is 18.8 Å². The molecule has 0 atom stereocenters. The van der Waals surface area contributed by atoms with Crippen molar-refractivity contribution in [2.75, 3.05) is 11.9 Å². The first-order chi connectivity index (χ1) is 8.59. The average Bonchev–Trinajstić information content (AvgIpc) is 2.38. The monoisotopic (exact) mass is 244 g/mol. The highest BCUT2D eigenvalue weighted by Crippen LogP contribution is 2.24. The lowest BCUT2D eigenvalue weighted by Crippen LogP contribution is -2.13. The summed E-state index contributed by atoms with van der Waals surface area (Å²) in [5, 5.41) is 0. The highest BCUT2D eigenvalue weighted by Gasteiger charge is 2.11. The van der Waals surface area contributed by atoms with E-state index in [0.29, 0.717) is 17.1 Å². The van der Waals surface area contributed by atoms with Crippen molar-refractivity contribution in [3.05, 3.63) is 54.0 Å². The van der Waals surface area contributed by atoms with E-state index in [0.717, 1.165) is 0 Å². The van der Waals surface area contributed by atoms with Crippen molar-refractivity contribution in [3.63, 3.8) is 0 Å². The Morgan fingerprint density at radius 3 is 2.67 bits per heavy atom. The van der Waals surface area contributed by atoms with E-state index in [1.165, 1.54) is 13.0 Å². The number of hydrogen-bond acceptors (Lipinski definition) is 3. The third-order valence-corrected chi connectivity index (χ3v) is 2.71. The molecular formula is C14H13FN2O. The quantitative estimate of drug-likeness (QED) is 0.777. The number of ketones is 1. The van der Waals surface area contributed by atoms with Crippen LogP contribution in [0, 0.1) is 5.82 Å². The highest BCUT2D eigenvalue weighted by atomic mass is 19.1. The second-order valence-electron chi connectivity index (χ2n) is 3.97. The topological polar surface area (TPSA) is 33.2 Å². The number of hydrogen-bond donors (Lipinski definition) is 0. The molecular weight excluding hydrogens is 231 g/mol. The lowest BCUT2D eigenvalue weighted by Gasteiger charge is -2.19. The maximum absolute atomic E-state index is 13.6. The third-order valence-electron chi connectivity index (χ3n) is 2.71. The minimum atomic E-state index is -0.324. The van der Waals surface area contributed by atoms with Gasteiger partial charge in [0.2, 0.25) is 0 Å². The van der Waals surface area contributed by atoms with Crippen molar-refractivity contribution < 1.29 is 9.18 Å². The number of halogens is 1. The van der Waals surface area contributed by atoms with E-state index in [1.54, 1.807) is 48.5 Å². The first-order valence-corrected chi connectivity index (χ1v) is 5.55. The van der Waals surface area contributed by atoms with Crippen LogP contribution in [-0.2, 0) is 0 Å². The van der Waals surface area contributed by atoms with Gasteiger partial charge < -0.3 is 4.90 Å². The summed E-state index contributed by atoms with van der Waals surface area (Å²) in [4.78, 5) is 17.1. The molecule has 1 aromatic heterocycles. The molecule has 0 amide bonds. The van der Waals surface area contributed by atoms with Crippen molar-refractivity contribution >= 4 is 17.3 Å². The fourth-order valence-corrected chi connectivity index (χ4v) is 1.67. The number of aromatic nitrogens is 1. The van der Waals surface area contributed by atoms with Crippen LogP contribution in [0.25, 0.3) is 0 Å². The Morgan fingerprint density at radius 2 is 2.00 bits per heavy atom. The normalized spacial score (nSPS) is 10.2. The van der Waals surface area contributed by atoms with Gasteiger partial charge in [-0.3, -0.25) is 4.79 Å². The maximum atomic E-state index is 13.6. The standard InChI is InChI=1S/C14H13FN2O/c1-10(18)11-7-8-16-14(9-11)17(2)13-6-4-3-5-12(13)15/h3-9H,1-2H3. The predicted octanol–water partition coefficient (Wildman–Crippen LogP) is 3.19. The minimum Gasteiger partial charge on any atom is -0.327 e. The molecule has 0 fully saturated rings. The molecule has 92 valence electrons. The van der Waals surface area contributed by atoms with Crippen LogP contribution in [-0.4, -0.2) is 17.8 Å². The molecule has 0 saturated carbocycles. The van der Waals surface area contributed by atoms with Crippen LogP contribution < -0.4 is 4.90 Å². The summed E-state index contributed by atoms with van der Waals surface area (Å²) in [5.41, 5.74) is 0.980. The number of pyridine rings is 1. The van der Waals surface area contributed by atoms with Gasteiger partial charge in [0.25, 0.3) is 0 Å². The fourth-order valence-electron chi connectivity index (χ4n) is 1.67. The van der Waals surface area contributed by atoms with Crippen LogP contribution in [0.2, 0.25) is 0 Å². The molecule has 0 unspecified atom stereocenters. The zero-order valence-electron chi connectivity index (χ0n) is 10.2. The molecule has 0 aliphatic rings. The molecule has 1 aromatic carbocycles.